The minimum Gasteiger partial charge on any atom is -0.343 e. The molecule has 0 spiro atoms. The van der Waals surface area contributed by atoms with E-state index in [1.807, 2.05) is 84.7 Å². The van der Waals surface area contributed by atoms with Crippen molar-refractivity contribution >= 4 is 23.2 Å². The van der Waals surface area contributed by atoms with Gasteiger partial charge in [-0.05, 0) is 60.7 Å². The third-order valence-corrected chi connectivity index (χ3v) is 6.44. The van der Waals surface area contributed by atoms with E-state index in [-0.39, 0.29) is 18.4 Å². The fraction of sp³-hybridized carbons (Fsp3) is 0.192. The van der Waals surface area contributed by atoms with Gasteiger partial charge in [0.05, 0.1) is 17.1 Å². The molecule has 4 rings (SSSR count). The molecule has 0 radical (unpaired) electrons. The van der Waals surface area contributed by atoms with E-state index >= 15 is 0 Å². The molecule has 33 heavy (non-hydrogen) atoms. The Morgan fingerprint density at radius 2 is 1.82 bits per heavy atom. The summed E-state index contributed by atoms with van der Waals surface area (Å²) in [5.41, 5.74) is 5.47. The van der Waals surface area contributed by atoms with Crippen LogP contribution in [0.5, 0.6) is 0 Å². The Bertz CT molecular complexity index is 1260. The Labute approximate surface area is 197 Å². The number of rotatable bonds is 7. The highest BCUT2D eigenvalue weighted by Gasteiger charge is 2.18. The van der Waals surface area contributed by atoms with E-state index in [0.717, 1.165) is 32.9 Å². The van der Waals surface area contributed by atoms with Crippen LogP contribution in [0.4, 0.5) is 0 Å². The van der Waals surface area contributed by atoms with Gasteiger partial charge < -0.3 is 10.2 Å². The number of carbonyl (C=O) groups excluding carboxylic acids is 2. The summed E-state index contributed by atoms with van der Waals surface area (Å²) in [7, 11) is 1.74. The van der Waals surface area contributed by atoms with Crippen LogP contribution in [0.1, 0.15) is 27.0 Å². The number of nitrogens with one attached hydrogen (secondary N) is 1. The number of benzene rings is 2. The molecular formula is C26H26N4O2S. The number of hydrogen-bond donors (Lipinski definition) is 1. The summed E-state index contributed by atoms with van der Waals surface area (Å²) < 4.78 is 1.84. The summed E-state index contributed by atoms with van der Waals surface area (Å²) in [6.07, 6.45) is 1.96. The molecule has 168 valence electrons. The number of para-hydroxylation sites is 1. The van der Waals surface area contributed by atoms with Gasteiger partial charge in [0.1, 0.15) is 5.69 Å². The molecule has 2 aromatic heterocycles. The Kier molecular flexibility index (Phi) is 6.70. The van der Waals surface area contributed by atoms with Gasteiger partial charge in [0.25, 0.3) is 5.91 Å². The largest absolute Gasteiger partial charge is 0.343 e. The highest BCUT2D eigenvalue weighted by molar-refractivity contribution is 7.13. The van der Waals surface area contributed by atoms with Crippen molar-refractivity contribution in [1.82, 2.24) is 20.0 Å². The lowest BCUT2D eigenvalue weighted by atomic mass is 10.1. The number of thiophene rings is 1. The maximum atomic E-state index is 12.8. The number of aromatic nitrogens is 2. The van der Waals surface area contributed by atoms with Crippen molar-refractivity contribution < 1.29 is 9.59 Å². The highest BCUT2D eigenvalue weighted by atomic mass is 32.1. The average molecular weight is 459 g/mol. The Hall–Kier alpha value is -3.71. The van der Waals surface area contributed by atoms with Crippen LogP contribution in [0.15, 0.2) is 72.2 Å². The Morgan fingerprint density at radius 3 is 2.52 bits per heavy atom. The fourth-order valence-corrected chi connectivity index (χ4v) is 4.22. The molecule has 0 saturated heterocycles. The predicted octanol–water partition coefficient (Wildman–Crippen LogP) is 4.61. The van der Waals surface area contributed by atoms with Gasteiger partial charge in [-0.25, -0.2) is 4.68 Å². The minimum atomic E-state index is -0.254. The first kappa shape index (κ1) is 22.5. The fourth-order valence-electron chi connectivity index (χ4n) is 3.48. The molecule has 2 aromatic carbocycles. The van der Waals surface area contributed by atoms with Crippen LogP contribution in [0.25, 0.3) is 16.3 Å². The smallest absolute Gasteiger partial charge is 0.251 e. The van der Waals surface area contributed by atoms with E-state index < -0.39 is 0 Å². The zero-order valence-electron chi connectivity index (χ0n) is 18.9. The molecular weight excluding hydrogens is 432 g/mol. The number of aryl methyl sites for hydroxylation is 2. The maximum Gasteiger partial charge on any atom is 0.251 e. The van der Waals surface area contributed by atoms with Crippen LogP contribution in [0, 0.1) is 13.8 Å². The van der Waals surface area contributed by atoms with E-state index in [4.69, 9.17) is 5.10 Å². The van der Waals surface area contributed by atoms with Crippen molar-refractivity contribution in [2.75, 3.05) is 13.6 Å². The molecule has 0 unspecified atom stereocenters. The van der Waals surface area contributed by atoms with Crippen molar-refractivity contribution in [1.29, 1.82) is 0 Å². The summed E-state index contributed by atoms with van der Waals surface area (Å²) in [5, 5.41) is 9.53. The Balaban J connectivity index is 1.46. The van der Waals surface area contributed by atoms with Gasteiger partial charge in [-0.2, -0.15) is 5.10 Å². The van der Waals surface area contributed by atoms with Crippen LogP contribution < -0.4 is 5.32 Å². The summed E-state index contributed by atoms with van der Waals surface area (Å²) in [6.45, 7) is 4.29. The second kappa shape index (κ2) is 9.83. The van der Waals surface area contributed by atoms with Crippen molar-refractivity contribution in [2.45, 2.75) is 20.4 Å². The monoisotopic (exact) mass is 458 g/mol. The summed E-state index contributed by atoms with van der Waals surface area (Å²) in [4.78, 5) is 27.9. The number of nitrogens with zero attached hydrogens (tertiary/aromatic N) is 3. The van der Waals surface area contributed by atoms with Gasteiger partial charge >= 0.3 is 0 Å². The first-order valence-corrected chi connectivity index (χ1v) is 11.6. The van der Waals surface area contributed by atoms with E-state index in [1.165, 1.54) is 0 Å². The quantitative estimate of drug-likeness (QED) is 0.440. The SMILES string of the molecule is Cc1ccc(C(=O)NCC(=O)N(C)Cc2cn(-c3ccccc3)nc2-c2cccs2)cc1C. The molecule has 0 bridgehead atoms. The molecule has 2 amide bonds. The number of carbonyl (C=O) groups is 2. The highest BCUT2D eigenvalue weighted by Crippen LogP contribution is 2.28. The zero-order valence-corrected chi connectivity index (χ0v) is 19.7. The lowest BCUT2D eigenvalue weighted by molar-refractivity contribution is -0.129. The number of hydrogen-bond acceptors (Lipinski definition) is 4. The summed E-state index contributed by atoms with van der Waals surface area (Å²) in [6, 6.07) is 19.4. The second-order valence-electron chi connectivity index (χ2n) is 7.99. The van der Waals surface area contributed by atoms with Crippen LogP contribution in [0.2, 0.25) is 0 Å². The summed E-state index contributed by atoms with van der Waals surface area (Å²) in [5.74, 6) is -0.423. The standard InChI is InChI=1S/C26H26N4O2S/c1-18-11-12-20(14-19(18)2)26(32)27-15-24(31)29(3)16-21-17-30(22-8-5-4-6-9-22)28-25(21)23-10-7-13-33-23/h4-14,17H,15-16H2,1-3H3,(H,27,32). The molecule has 1 N–H and O–H groups in total. The van der Waals surface area contributed by atoms with Crippen LogP contribution in [0.3, 0.4) is 0 Å². The first-order chi connectivity index (χ1) is 15.9. The second-order valence-corrected chi connectivity index (χ2v) is 8.94. The molecule has 0 aliphatic rings. The molecule has 0 saturated carbocycles. The number of amides is 2. The van der Waals surface area contributed by atoms with Crippen molar-refractivity contribution in [3.05, 3.63) is 94.5 Å². The van der Waals surface area contributed by atoms with Gasteiger partial charge in [-0.3, -0.25) is 9.59 Å². The van der Waals surface area contributed by atoms with Crippen molar-refractivity contribution in [3.8, 4) is 16.3 Å². The normalized spacial score (nSPS) is 10.8. The van der Waals surface area contributed by atoms with Crippen LogP contribution in [-0.4, -0.2) is 40.1 Å². The average Bonchev–Trinajstić information content (AvgIpc) is 3.49. The van der Waals surface area contributed by atoms with Gasteiger partial charge in [0.15, 0.2) is 0 Å². The van der Waals surface area contributed by atoms with Gasteiger partial charge in [0, 0.05) is 30.9 Å². The van der Waals surface area contributed by atoms with Crippen molar-refractivity contribution in [2.24, 2.45) is 0 Å². The van der Waals surface area contributed by atoms with Crippen LogP contribution in [-0.2, 0) is 11.3 Å². The van der Waals surface area contributed by atoms with Crippen molar-refractivity contribution in [3.63, 3.8) is 0 Å². The van der Waals surface area contributed by atoms with E-state index in [0.29, 0.717) is 12.1 Å². The van der Waals surface area contributed by atoms with E-state index in [1.54, 1.807) is 29.4 Å². The molecule has 0 atom stereocenters. The van der Waals surface area contributed by atoms with E-state index in [2.05, 4.69) is 5.32 Å². The zero-order chi connectivity index (χ0) is 23.4. The predicted molar refractivity (Wildman–Crippen MR) is 132 cm³/mol. The lowest BCUT2D eigenvalue weighted by Crippen LogP contribution is -2.37. The molecule has 6 nitrogen and oxygen atoms in total. The molecule has 0 fully saturated rings. The number of likely N-dealkylation sites (N-methyl/N-ethyl adjacent to an activating group) is 1. The van der Waals surface area contributed by atoms with Gasteiger partial charge in [0.2, 0.25) is 5.91 Å². The van der Waals surface area contributed by atoms with Gasteiger partial charge in [-0.15, -0.1) is 11.3 Å². The van der Waals surface area contributed by atoms with Crippen LogP contribution >= 0.6 is 11.3 Å². The maximum absolute atomic E-state index is 12.8. The molecule has 7 heteroatoms. The molecule has 0 aliphatic heterocycles. The molecule has 2 heterocycles. The molecule has 0 aliphatic carbocycles. The topological polar surface area (TPSA) is 67.2 Å². The lowest BCUT2D eigenvalue weighted by Gasteiger charge is -2.17. The first-order valence-electron chi connectivity index (χ1n) is 10.7. The molecule has 4 aromatic rings. The van der Waals surface area contributed by atoms with E-state index in [9.17, 15) is 9.59 Å². The third-order valence-electron chi connectivity index (χ3n) is 5.57. The minimum absolute atomic E-state index is 0.0661. The third kappa shape index (κ3) is 5.21. The summed E-state index contributed by atoms with van der Waals surface area (Å²) >= 11 is 1.61. The Morgan fingerprint density at radius 1 is 1.03 bits per heavy atom. The van der Waals surface area contributed by atoms with Gasteiger partial charge in [-0.1, -0.05) is 30.3 Å².